The predicted octanol–water partition coefficient (Wildman–Crippen LogP) is 2.53. The number of hydrogen-bond donors (Lipinski definition) is 1. The van der Waals surface area contributed by atoms with Crippen LogP contribution in [0.2, 0.25) is 0 Å². The Kier molecular flexibility index (Phi) is 3.89. The molecule has 0 unspecified atom stereocenters. The second kappa shape index (κ2) is 5.61. The number of ether oxygens (including phenoxy) is 1. The summed E-state index contributed by atoms with van der Waals surface area (Å²) in [4.78, 5) is 17.7. The van der Waals surface area contributed by atoms with Gasteiger partial charge in [0, 0.05) is 12.7 Å². The first kappa shape index (κ1) is 13.9. The monoisotopic (exact) mass is 271 g/mol. The summed E-state index contributed by atoms with van der Waals surface area (Å²) in [5, 5.41) is 0. The first-order chi connectivity index (χ1) is 9.52. The largest absolute Gasteiger partial charge is 0.464 e. The molecule has 0 aliphatic rings. The highest BCUT2D eigenvalue weighted by Crippen LogP contribution is 2.27. The number of carbonyl (C=O) groups is 1. The van der Waals surface area contributed by atoms with Crippen molar-refractivity contribution in [2.24, 2.45) is 0 Å². The van der Waals surface area contributed by atoms with E-state index in [9.17, 15) is 4.79 Å². The van der Waals surface area contributed by atoms with Gasteiger partial charge in [-0.2, -0.15) is 0 Å². The molecule has 0 aliphatic carbocycles. The van der Waals surface area contributed by atoms with Crippen LogP contribution < -0.4 is 10.6 Å². The van der Waals surface area contributed by atoms with Crippen molar-refractivity contribution in [1.29, 1.82) is 0 Å². The van der Waals surface area contributed by atoms with Crippen molar-refractivity contribution in [1.82, 2.24) is 4.98 Å². The van der Waals surface area contributed by atoms with Gasteiger partial charge in [-0.15, -0.1) is 0 Å². The van der Waals surface area contributed by atoms with Crippen molar-refractivity contribution in [3.05, 3.63) is 47.7 Å². The van der Waals surface area contributed by atoms with Gasteiger partial charge >= 0.3 is 5.97 Å². The molecule has 2 aromatic rings. The summed E-state index contributed by atoms with van der Waals surface area (Å²) in [5.41, 5.74) is 8.77. The zero-order valence-electron chi connectivity index (χ0n) is 11.8. The maximum absolute atomic E-state index is 11.5. The molecule has 5 nitrogen and oxygen atoms in total. The van der Waals surface area contributed by atoms with Gasteiger partial charge in [-0.1, -0.05) is 12.1 Å². The molecule has 1 aromatic carbocycles. The van der Waals surface area contributed by atoms with Crippen LogP contribution in [0.1, 0.15) is 16.1 Å². The Morgan fingerprint density at radius 1 is 1.30 bits per heavy atom. The molecule has 0 amide bonds. The molecule has 0 saturated carbocycles. The Bertz CT molecular complexity index is 641. The average molecular weight is 271 g/mol. The van der Waals surface area contributed by atoms with E-state index in [1.807, 2.05) is 43.1 Å². The van der Waals surface area contributed by atoms with Crippen LogP contribution in [0.5, 0.6) is 0 Å². The highest BCUT2D eigenvalue weighted by Gasteiger charge is 2.14. The molecule has 0 aliphatic heterocycles. The van der Waals surface area contributed by atoms with Gasteiger partial charge in [0.1, 0.15) is 0 Å². The lowest BCUT2D eigenvalue weighted by Gasteiger charge is -2.20. The number of anilines is 3. The summed E-state index contributed by atoms with van der Waals surface area (Å²) in [5.74, 6) is 0.0439. The topological polar surface area (TPSA) is 68.5 Å². The minimum Gasteiger partial charge on any atom is -0.464 e. The summed E-state index contributed by atoms with van der Waals surface area (Å²) >= 11 is 0. The number of hydrogen-bond acceptors (Lipinski definition) is 5. The second-order valence-electron chi connectivity index (χ2n) is 4.50. The van der Waals surface area contributed by atoms with E-state index < -0.39 is 5.97 Å². The molecule has 5 heteroatoms. The number of nitrogens with two attached hydrogens (primary N) is 1. The number of esters is 1. The molecular weight excluding hydrogens is 254 g/mol. The number of aryl methyl sites for hydroxylation is 1. The van der Waals surface area contributed by atoms with Crippen molar-refractivity contribution in [2.75, 3.05) is 24.8 Å². The fourth-order valence-corrected chi connectivity index (χ4v) is 1.90. The van der Waals surface area contributed by atoms with Crippen molar-refractivity contribution in [2.45, 2.75) is 6.92 Å². The number of benzene rings is 1. The first-order valence-corrected chi connectivity index (χ1v) is 6.18. The molecule has 2 N–H and O–H groups in total. The van der Waals surface area contributed by atoms with Gasteiger partial charge < -0.3 is 15.4 Å². The minimum atomic E-state index is -0.483. The Labute approximate surface area is 118 Å². The number of pyridine rings is 1. The Morgan fingerprint density at radius 3 is 2.70 bits per heavy atom. The van der Waals surface area contributed by atoms with Crippen LogP contribution in [0, 0.1) is 6.92 Å². The second-order valence-corrected chi connectivity index (χ2v) is 4.50. The van der Waals surface area contributed by atoms with Crippen LogP contribution >= 0.6 is 0 Å². The lowest BCUT2D eigenvalue weighted by atomic mass is 10.2. The maximum atomic E-state index is 11.5. The van der Waals surface area contributed by atoms with Crippen LogP contribution in [-0.4, -0.2) is 25.1 Å². The Balaban J connectivity index is 2.43. The average Bonchev–Trinajstić information content (AvgIpc) is 2.46. The molecule has 1 heterocycles. The summed E-state index contributed by atoms with van der Waals surface area (Å²) < 4.78 is 4.67. The molecule has 1 aromatic heterocycles. The van der Waals surface area contributed by atoms with E-state index in [0.717, 1.165) is 11.3 Å². The third kappa shape index (κ3) is 2.71. The van der Waals surface area contributed by atoms with E-state index in [-0.39, 0.29) is 5.69 Å². The zero-order valence-corrected chi connectivity index (χ0v) is 11.8. The smallest absolute Gasteiger partial charge is 0.356 e. The third-order valence-electron chi connectivity index (χ3n) is 3.01. The van der Waals surface area contributed by atoms with Crippen LogP contribution in [0.4, 0.5) is 17.2 Å². The summed E-state index contributed by atoms with van der Waals surface area (Å²) in [6, 6.07) is 11.2. The fourth-order valence-electron chi connectivity index (χ4n) is 1.90. The normalized spacial score (nSPS) is 10.2. The van der Waals surface area contributed by atoms with Gasteiger partial charge in [0.05, 0.1) is 12.8 Å². The molecule has 0 spiro atoms. The van der Waals surface area contributed by atoms with Gasteiger partial charge in [0.25, 0.3) is 0 Å². The Hall–Kier alpha value is -2.56. The minimum absolute atomic E-state index is 0.233. The van der Waals surface area contributed by atoms with Gasteiger partial charge in [0.2, 0.25) is 0 Å². The molecule has 0 saturated heterocycles. The lowest BCUT2D eigenvalue weighted by Crippen LogP contribution is -2.16. The number of rotatable bonds is 3. The van der Waals surface area contributed by atoms with Crippen LogP contribution in [-0.2, 0) is 4.74 Å². The predicted molar refractivity (Wildman–Crippen MR) is 79.2 cm³/mol. The van der Waals surface area contributed by atoms with Gasteiger partial charge in [0.15, 0.2) is 11.5 Å². The van der Waals surface area contributed by atoms with Crippen molar-refractivity contribution >= 4 is 23.2 Å². The Morgan fingerprint density at radius 2 is 2.05 bits per heavy atom. The maximum Gasteiger partial charge on any atom is 0.356 e. The number of nitrogens with zero attached hydrogens (tertiary/aromatic N) is 2. The van der Waals surface area contributed by atoms with E-state index in [2.05, 4.69) is 9.72 Å². The van der Waals surface area contributed by atoms with Gasteiger partial charge in [-0.3, -0.25) is 0 Å². The van der Waals surface area contributed by atoms with Crippen molar-refractivity contribution < 1.29 is 9.53 Å². The number of nitrogen functional groups attached to an aromatic ring is 1. The van der Waals surface area contributed by atoms with E-state index >= 15 is 0 Å². The SMILES string of the molecule is COC(=O)c1ccc(N)c(N(C)c2cccc(C)c2)n1. The molecule has 20 heavy (non-hydrogen) atoms. The fraction of sp³-hybridized carbons (Fsp3) is 0.200. The number of aromatic nitrogens is 1. The molecule has 0 fully saturated rings. The van der Waals surface area contributed by atoms with Gasteiger partial charge in [-0.05, 0) is 36.8 Å². The van der Waals surface area contributed by atoms with Crippen LogP contribution in [0.25, 0.3) is 0 Å². The molecule has 104 valence electrons. The van der Waals surface area contributed by atoms with E-state index in [4.69, 9.17) is 5.73 Å². The standard InChI is InChI=1S/C15H17N3O2/c1-10-5-4-6-11(9-10)18(2)14-12(16)7-8-13(17-14)15(19)20-3/h4-9H,16H2,1-3H3. The van der Waals surface area contributed by atoms with E-state index in [1.165, 1.54) is 7.11 Å². The lowest BCUT2D eigenvalue weighted by molar-refractivity contribution is 0.0594. The zero-order chi connectivity index (χ0) is 14.7. The van der Waals surface area contributed by atoms with Crippen molar-refractivity contribution in [3.8, 4) is 0 Å². The quantitative estimate of drug-likeness (QED) is 0.869. The van der Waals surface area contributed by atoms with Crippen LogP contribution in [0.15, 0.2) is 36.4 Å². The highest BCUT2D eigenvalue weighted by atomic mass is 16.5. The number of methoxy groups -OCH3 is 1. The summed E-state index contributed by atoms with van der Waals surface area (Å²) in [7, 11) is 3.18. The van der Waals surface area contributed by atoms with Gasteiger partial charge in [-0.25, -0.2) is 9.78 Å². The first-order valence-electron chi connectivity index (χ1n) is 6.18. The molecule has 0 atom stereocenters. The van der Waals surface area contributed by atoms with E-state index in [1.54, 1.807) is 12.1 Å². The molecule has 0 bridgehead atoms. The number of carbonyl (C=O) groups excluding carboxylic acids is 1. The third-order valence-corrected chi connectivity index (χ3v) is 3.01. The summed E-state index contributed by atoms with van der Waals surface area (Å²) in [6.45, 7) is 2.01. The highest BCUT2D eigenvalue weighted by molar-refractivity contribution is 5.89. The molecule has 2 rings (SSSR count). The van der Waals surface area contributed by atoms with Crippen molar-refractivity contribution in [3.63, 3.8) is 0 Å². The molecular formula is C15H17N3O2. The molecule has 0 radical (unpaired) electrons. The summed E-state index contributed by atoms with van der Waals surface area (Å²) in [6.07, 6.45) is 0. The van der Waals surface area contributed by atoms with Crippen LogP contribution in [0.3, 0.4) is 0 Å². The van der Waals surface area contributed by atoms with E-state index in [0.29, 0.717) is 11.5 Å².